The smallest absolute Gasteiger partial charge is 0.417 e. The molecule has 0 spiro atoms. The van der Waals surface area contributed by atoms with Gasteiger partial charge in [-0.2, -0.15) is 18.4 Å². The Morgan fingerprint density at radius 3 is 2.61 bits per heavy atom. The second-order valence-corrected chi connectivity index (χ2v) is 6.58. The zero-order chi connectivity index (χ0) is 22.2. The van der Waals surface area contributed by atoms with E-state index in [0.29, 0.717) is 33.7 Å². The molecule has 0 saturated carbocycles. The van der Waals surface area contributed by atoms with Gasteiger partial charge in [0.05, 0.1) is 35.4 Å². The lowest BCUT2D eigenvalue weighted by atomic mass is 9.96. The van der Waals surface area contributed by atoms with Crippen molar-refractivity contribution in [3.63, 3.8) is 0 Å². The highest BCUT2D eigenvalue weighted by Gasteiger charge is 2.33. The summed E-state index contributed by atoms with van der Waals surface area (Å²) in [5.41, 5.74) is 0.124. The van der Waals surface area contributed by atoms with Gasteiger partial charge in [0.2, 0.25) is 5.88 Å². The SMILES string of the molecule is COc1cc(-c2cc3c(=O)cc[nH]c3nc2-c2ccc(C(F)(F)F)c(C#N)c2)ccn1. The Hall–Kier alpha value is -4.19. The van der Waals surface area contributed by atoms with Crippen molar-refractivity contribution < 1.29 is 17.9 Å². The van der Waals surface area contributed by atoms with Crippen molar-refractivity contribution in [1.82, 2.24) is 15.0 Å². The number of methoxy groups -OCH3 is 1. The third-order valence-corrected chi connectivity index (χ3v) is 4.72. The number of hydrogen-bond acceptors (Lipinski definition) is 5. The highest BCUT2D eigenvalue weighted by Crippen LogP contribution is 2.37. The van der Waals surface area contributed by atoms with Crippen LogP contribution in [0.5, 0.6) is 5.88 Å². The Labute approximate surface area is 173 Å². The van der Waals surface area contributed by atoms with E-state index in [9.17, 15) is 23.2 Å². The van der Waals surface area contributed by atoms with Crippen molar-refractivity contribution in [1.29, 1.82) is 5.26 Å². The minimum atomic E-state index is -4.66. The number of rotatable bonds is 3. The summed E-state index contributed by atoms with van der Waals surface area (Å²) in [4.78, 5) is 23.7. The van der Waals surface area contributed by atoms with E-state index in [0.717, 1.165) is 12.1 Å². The molecule has 3 aromatic heterocycles. The first-order valence-corrected chi connectivity index (χ1v) is 8.96. The van der Waals surface area contributed by atoms with Gasteiger partial charge < -0.3 is 9.72 Å². The van der Waals surface area contributed by atoms with Crippen LogP contribution in [0.1, 0.15) is 11.1 Å². The summed E-state index contributed by atoms with van der Waals surface area (Å²) in [6.45, 7) is 0. The molecule has 0 aliphatic carbocycles. The molecule has 31 heavy (non-hydrogen) atoms. The third-order valence-electron chi connectivity index (χ3n) is 4.72. The summed E-state index contributed by atoms with van der Waals surface area (Å²) in [5, 5.41) is 9.58. The summed E-state index contributed by atoms with van der Waals surface area (Å²) < 4.78 is 44.8. The Bertz CT molecular complexity index is 1400. The van der Waals surface area contributed by atoms with Crippen LogP contribution in [-0.4, -0.2) is 22.1 Å². The van der Waals surface area contributed by atoms with Crippen LogP contribution in [0.25, 0.3) is 33.4 Å². The Balaban J connectivity index is 2.03. The van der Waals surface area contributed by atoms with Gasteiger partial charge in [-0.15, -0.1) is 0 Å². The number of aromatic amines is 1. The summed E-state index contributed by atoms with van der Waals surface area (Å²) in [6.07, 6.45) is -1.72. The van der Waals surface area contributed by atoms with Gasteiger partial charge in [0.15, 0.2) is 5.43 Å². The lowest BCUT2D eigenvalue weighted by Gasteiger charge is -2.14. The minimum absolute atomic E-state index is 0.264. The standard InChI is InChI=1S/C22H13F3N4O2/c1-31-19-9-12(4-6-27-19)15-10-16-18(30)5-7-28-21(16)29-20(15)13-2-3-17(22(23,24)25)14(8-13)11-26/h2-10H,1H3,(H,28,29,30). The van der Waals surface area contributed by atoms with E-state index in [-0.39, 0.29) is 11.1 Å². The van der Waals surface area contributed by atoms with Crippen LogP contribution >= 0.6 is 0 Å². The average Bonchev–Trinajstić information content (AvgIpc) is 2.77. The van der Waals surface area contributed by atoms with Gasteiger partial charge in [-0.25, -0.2) is 9.97 Å². The Morgan fingerprint density at radius 2 is 1.90 bits per heavy atom. The molecule has 0 aliphatic heterocycles. The number of nitrogens with zero attached hydrogens (tertiary/aromatic N) is 3. The number of ether oxygens (including phenoxy) is 1. The van der Waals surface area contributed by atoms with Crippen molar-refractivity contribution in [2.75, 3.05) is 7.11 Å². The number of halogens is 3. The van der Waals surface area contributed by atoms with Crippen molar-refractivity contribution in [2.24, 2.45) is 0 Å². The molecule has 0 bridgehead atoms. The first-order valence-electron chi connectivity index (χ1n) is 8.96. The van der Waals surface area contributed by atoms with E-state index in [1.165, 1.54) is 31.6 Å². The molecule has 6 nitrogen and oxygen atoms in total. The third kappa shape index (κ3) is 3.71. The van der Waals surface area contributed by atoms with Gasteiger partial charge in [-0.05, 0) is 29.8 Å². The van der Waals surface area contributed by atoms with E-state index in [1.807, 2.05) is 0 Å². The second-order valence-electron chi connectivity index (χ2n) is 6.58. The lowest BCUT2D eigenvalue weighted by Crippen LogP contribution is -2.08. The van der Waals surface area contributed by atoms with Crippen LogP contribution < -0.4 is 10.2 Å². The van der Waals surface area contributed by atoms with Crippen molar-refractivity contribution in [3.05, 3.63) is 76.2 Å². The number of aromatic nitrogens is 3. The lowest BCUT2D eigenvalue weighted by molar-refractivity contribution is -0.137. The van der Waals surface area contributed by atoms with Crippen LogP contribution in [0.4, 0.5) is 13.2 Å². The largest absolute Gasteiger partial charge is 0.481 e. The molecule has 0 amide bonds. The molecule has 0 unspecified atom stereocenters. The van der Waals surface area contributed by atoms with E-state index in [1.54, 1.807) is 24.3 Å². The molecule has 3 heterocycles. The molecule has 4 rings (SSSR count). The maximum Gasteiger partial charge on any atom is 0.417 e. The first kappa shape index (κ1) is 20.1. The number of pyridine rings is 3. The fraction of sp³-hybridized carbons (Fsp3) is 0.0909. The minimum Gasteiger partial charge on any atom is -0.481 e. The van der Waals surface area contributed by atoms with Gasteiger partial charge in [0.1, 0.15) is 5.65 Å². The molecular weight excluding hydrogens is 409 g/mol. The number of nitrogens with one attached hydrogen (secondary N) is 1. The summed E-state index contributed by atoms with van der Waals surface area (Å²) in [5.74, 6) is 0.315. The monoisotopic (exact) mass is 422 g/mol. The van der Waals surface area contributed by atoms with E-state index >= 15 is 0 Å². The maximum absolute atomic E-state index is 13.2. The van der Waals surface area contributed by atoms with Crippen LogP contribution in [0.3, 0.4) is 0 Å². The van der Waals surface area contributed by atoms with Gasteiger partial charge in [-0.1, -0.05) is 6.07 Å². The van der Waals surface area contributed by atoms with Crippen LogP contribution in [0, 0.1) is 11.3 Å². The Kier molecular flexibility index (Phi) is 4.91. The van der Waals surface area contributed by atoms with Crippen molar-refractivity contribution in [3.8, 4) is 34.3 Å². The van der Waals surface area contributed by atoms with Gasteiger partial charge in [-0.3, -0.25) is 4.79 Å². The van der Waals surface area contributed by atoms with Crippen LogP contribution in [0.2, 0.25) is 0 Å². The highest BCUT2D eigenvalue weighted by molar-refractivity contribution is 5.90. The number of benzene rings is 1. The quantitative estimate of drug-likeness (QED) is 0.523. The first-order chi connectivity index (χ1) is 14.8. The number of H-pyrrole nitrogens is 1. The van der Waals surface area contributed by atoms with Crippen molar-refractivity contribution in [2.45, 2.75) is 6.18 Å². The zero-order valence-electron chi connectivity index (χ0n) is 16.0. The molecule has 1 N–H and O–H groups in total. The Morgan fingerprint density at radius 1 is 1.10 bits per heavy atom. The highest BCUT2D eigenvalue weighted by atomic mass is 19.4. The van der Waals surface area contributed by atoms with E-state index in [2.05, 4.69) is 15.0 Å². The molecule has 0 aliphatic rings. The van der Waals surface area contributed by atoms with Gasteiger partial charge in [0, 0.05) is 35.7 Å². The van der Waals surface area contributed by atoms with Crippen LogP contribution in [-0.2, 0) is 6.18 Å². The topological polar surface area (TPSA) is 91.7 Å². The number of hydrogen-bond donors (Lipinski definition) is 1. The number of nitriles is 1. The number of fused-ring (bicyclic) bond motifs is 1. The van der Waals surface area contributed by atoms with Gasteiger partial charge in [0.25, 0.3) is 0 Å². The normalized spacial score (nSPS) is 11.3. The fourth-order valence-corrected chi connectivity index (χ4v) is 3.26. The molecule has 4 aromatic rings. The molecule has 154 valence electrons. The van der Waals surface area contributed by atoms with Crippen LogP contribution in [0.15, 0.2) is 59.7 Å². The van der Waals surface area contributed by atoms with Gasteiger partial charge >= 0.3 is 6.18 Å². The predicted octanol–water partition coefficient (Wildman–Crippen LogP) is 4.55. The molecule has 9 heteroatoms. The summed E-state index contributed by atoms with van der Waals surface area (Å²) in [6, 6.07) is 11.1. The maximum atomic E-state index is 13.2. The molecule has 0 fully saturated rings. The molecule has 1 aromatic carbocycles. The van der Waals surface area contributed by atoms with E-state index in [4.69, 9.17) is 4.74 Å². The predicted molar refractivity (Wildman–Crippen MR) is 107 cm³/mol. The number of alkyl halides is 3. The fourth-order valence-electron chi connectivity index (χ4n) is 3.26. The molecule has 0 atom stereocenters. The second kappa shape index (κ2) is 7.57. The van der Waals surface area contributed by atoms with E-state index < -0.39 is 17.3 Å². The molecule has 0 saturated heterocycles. The summed E-state index contributed by atoms with van der Waals surface area (Å²) >= 11 is 0. The molecular formula is C22H13F3N4O2. The summed E-state index contributed by atoms with van der Waals surface area (Å²) in [7, 11) is 1.45. The van der Waals surface area contributed by atoms with Crippen molar-refractivity contribution >= 4 is 11.0 Å². The average molecular weight is 422 g/mol. The zero-order valence-corrected chi connectivity index (χ0v) is 16.0. The molecule has 0 radical (unpaired) electrons.